The molecule has 0 bridgehead atoms. The first kappa shape index (κ1) is 13.3. The summed E-state index contributed by atoms with van der Waals surface area (Å²) in [6.45, 7) is 3.12. The molecule has 0 aliphatic carbocycles. The molecule has 1 aromatic carbocycles. The fourth-order valence-corrected chi connectivity index (χ4v) is 1.59. The number of aryl methyl sites for hydroxylation is 1. The summed E-state index contributed by atoms with van der Waals surface area (Å²) < 4.78 is 0. The molecule has 4 nitrogen and oxygen atoms in total. The van der Waals surface area contributed by atoms with Gasteiger partial charge in [0.25, 0.3) is 6.29 Å². The van der Waals surface area contributed by atoms with Gasteiger partial charge in [-0.1, -0.05) is 11.6 Å². The topological polar surface area (TPSA) is 72.2 Å². The van der Waals surface area contributed by atoms with E-state index in [9.17, 15) is 9.59 Å². The predicted molar refractivity (Wildman–Crippen MR) is 68.1 cm³/mol. The average Bonchev–Trinajstić information content (AvgIpc) is 2.24. The molecule has 0 aromatic heterocycles. The lowest BCUT2D eigenvalue weighted by Gasteiger charge is -2.05. The smallest absolute Gasteiger partial charge is 0.251 e. The maximum Gasteiger partial charge on any atom is 0.251 e. The molecular weight excluding hydrogens is 240 g/mol. The van der Waals surface area contributed by atoms with Crippen molar-refractivity contribution in [3.05, 3.63) is 34.0 Å². The first-order valence-corrected chi connectivity index (χ1v) is 5.25. The molecule has 0 heterocycles. The van der Waals surface area contributed by atoms with Gasteiger partial charge < -0.3 is 11.1 Å². The van der Waals surface area contributed by atoms with Crippen molar-refractivity contribution >= 4 is 35.6 Å². The maximum atomic E-state index is 10.8. The minimum atomic E-state index is -0.335. The van der Waals surface area contributed by atoms with E-state index >= 15 is 0 Å². The Kier molecular flexibility index (Phi) is 4.29. The molecular formula is C12H12ClN2O2. The molecule has 1 radical (unpaired) electrons. The van der Waals surface area contributed by atoms with Crippen LogP contribution in [0.15, 0.2) is 17.8 Å². The zero-order valence-electron chi connectivity index (χ0n) is 9.50. The zero-order chi connectivity index (χ0) is 13.0. The summed E-state index contributed by atoms with van der Waals surface area (Å²) in [6.07, 6.45) is 3.12. The first-order valence-electron chi connectivity index (χ1n) is 4.87. The second-order valence-electron chi connectivity index (χ2n) is 3.57. The number of halogens is 1. The van der Waals surface area contributed by atoms with Gasteiger partial charge in [-0.05, 0) is 36.3 Å². The second-order valence-corrected chi connectivity index (χ2v) is 3.98. The number of anilines is 1. The Bertz CT molecular complexity index is 472. The van der Waals surface area contributed by atoms with Crippen molar-refractivity contribution in [1.29, 1.82) is 0 Å². The van der Waals surface area contributed by atoms with Crippen molar-refractivity contribution in [1.82, 2.24) is 5.32 Å². The van der Waals surface area contributed by atoms with Crippen LogP contribution in [0, 0.1) is 6.92 Å². The molecule has 1 aromatic rings. The van der Waals surface area contributed by atoms with Crippen LogP contribution in [-0.2, 0) is 9.59 Å². The van der Waals surface area contributed by atoms with Crippen molar-refractivity contribution < 1.29 is 9.59 Å². The molecule has 0 unspecified atom stereocenters. The number of hydrogen-bond acceptors (Lipinski definition) is 3. The number of carbonyl (C=O) groups excluding carboxylic acids is 2. The van der Waals surface area contributed by atoms with Crippen LogP contribution in [0.4, 0.5) is 5.69 Å². The average molecular weight is 252 g/mol. The third-order valence-electron chi connectivity index (χ3n) is 2.09. The summed E-state index contributed by atoms with van der Waals surface area (Å²) in [6, 6.07) is 3.38. The van der Waals surface area contributed by atoms with E-state index < -0.39 is 0 Å². The van der Waals surface area contributed by atoms with Gasteiger partial charge in [-0.15, -0.1) is 0 Å². The summed E-state index contributed by atoms with van der Waals surface area (Å²) in [4.78, 5) is 21.4. The van der Waals surface area contributed by atoms with Crippen molar-refractivity contribution in [2.24, 2.45) is 0 Å². The summed E-state index contributed by atoms with van der Waals surface area (Å²) in [5.41, 5.74) is 7.73. The Morgan fingerprint density at radius 3 is 2.65 bits per heavy atom. The van der Waals surface area contributed by atoms with Crippen LogP contribution in [0.25, 0.3) is 6.08 Å². The van der Waals surface area contributed by atoms with Gasteiger partial charge in [0.15, 0.2) is 0 Å². The summed E-state index contributed by atoms with van der Waals surface area (Å²) >= 11 is 5.91. The number of hydrogen-bond donors (Lipinski definition) is 2. The van der Waals surface area contributed by atoms with Gasteiger partial charge in [0, 0.05) is 6.92 Å². The van der Waals surface area contributed by atoms with E-state index in [-0.39, 0.29) is 11.6 Å². The molecule has 1 amide bonds. The number of nitrogen functional groups attached to an aromatic ring is 1. The van der Waals surface area contributed by atoms with Crippen LogP contribution < -0.4 is 11.1 Å². The zero-order valence-corrected chi connectivity index (χ0v) is 10.3. The number of amides is 1. The van der Waals surface area contributed by atoms with Crippen LogP contribution in [0.5, 0.6) is 0 Å². The van der Waals surface area contributed by atoms with Crippen LogP contribution >= 0.6 is 11.6 Å². The van der Waals surface area contributed by atoms with E-state index in [2.05, 4.69) is 5.32 Å². The largest absolute Gasteiger partial charge is 0.397 e. The van der Waals surface area contributed by atoms with Gasteiger partial charge in [-0.2, -0.15) is 0 Å². The molecule has 1 rings (SSSR count). The standard InChI is InChI=1S/C12H12ClN2O2/c1-7-3-9(5-11(13)12(7)14)4-10(6-16)15-8(2)17/h3-5H,14H2,1-2H3,(H,15,17)/b10-4+. The molecule has 5 heteroatoms. The number of allylic oxidation sites excluding steroid dienone is 1. The van der Waals surface area contributed by atoms with Gasteiger partial charge in [-0.3, -0.25) is 9.59 Å². The molecule has 89 valence electrons. The second kappa shape index (κ2) is 5.50. The van der Waals surface area contributed by atoms with Crippen molar-refractivity contribution in [3.63, 3.8) is 0 Å². The van der Waals surface area contributed by atoms with Crippen molar-refractivity contribution in [3.8, 4) is 0 Å². The highest BCUT2D eigenvalue weighted by molar-refractivity contribution is 6.33. The maximum absolute atomic E-state index is 10.8. The third kappa shape index (κ3) is 3.60. The van der Waals surface area contributed by atoms with Gasteiger partial charge in [0.05, 0.1) is 16.4 Å². The lowest BCUT2D eigenvalue weighted by Crippen LogP contribution is -2.19. The fourth-order valence-electron chi connectivity index (χ4n) is 1.31. The molecule has 0 saturated carbocycles. The van der Waals surface area contributed by atoms with Crippen molar-refractivity contribution in [2.75, 3.05) is 5.73 Å². The van der Waals surface area contributed by atoms with E-state index in [1.54, 1.807) is 25.3 Å². The Balaban J connectivity index is 3.12. The van der Waals surface area contributed by atoms with Gasteiger partial charge >= 0.3 is 0 Å². The Hall–Kier alpha value is -1.81. The first-order chi connectivity index (χ1) is 7.93. The highest BCUT2D eigenvalue weighted by Gasteiger charge is 2.04. The minimum absolute atomic E-state index is 0.0535. The van der Waals surface area contributed by atoms with Crippen molar-refractivity contribution in [2.45, 2.75) is 13.8 Å². The van der Waals surface area contributed by atoms with E-state index in [0.29, 0.717) is 16.3 Å². The van der Waals surface area contributed by atoms with Crippen LogP contribution in [-0.4, -0.2) is 12.2 Å². The normalized spacial score (nSPS) is 11.1. The van der Waals surface area contributed by atoms with E-state index in [1.807, 2.05) is 0 Å². The SMILES string of the molecule is CC(=O)N/C([C]=O)=C/c1cc(C)c(N)c(Cl)c1. The van der Waals surface area contributed by atoms with E-state index in [0.717, 1.165) is 5.56 Å². The molecule has 0 atom stereocenters. The van der Waals surface area contributed by atoms with Crippen LogP contribution in [0.2, 0.25) is 5.02 Å². The molecule has 0 fully saturated rings. The Morgan fingerprint density at radius 1 is 1.53 bits per heavy atom. The number of carbonyl (C=O) groups is 1. The summed E-state index contributed by atoms with van der Waals surface area (Å²) in [5, 5.41) is 2.76. The highest BCUT2D eigenvalue weighted by Crippen LogP contribution is 2.25. The number of rotatable bonds is 3. The van der Waals surface area contributed by atoms with Gasteiger partial charge in [0.1, 0.15) is 0 Å². The Labute approximate surface area is 104 Å². The quantitative estimate of drug-likeness (QED) is 0.636. The Morgan fingerprint density at radius 2 is 2.18 bits per heavy atom. The van der Waals surface area contributed by atoms with Gasteiger partial charge in [-0.25, -0.2) is 0 Å². The van der Waals surface area contributed by atoms with Gasteiger partial charge in [0.2, 0.25) is 5.91 Å². The number of benzene rings is 1. The van der Waals surface area contributed by atoms with E-state index in [1.165, 1.54) is 13.0 Å². The molecule has 0 saturated heterocycles. The minimum Gasteiger partial charge on any atom is -0.397 e. The summed E-state index contributed by atoms with van der Waals surface area (Å²) in [5.74, 6) is -0.335. The molecule has 0 aliphatic rings. The lowest BCUT2D eigenvalue weighted by atomic mass is 10.1. The molecule has 17 heavy (non-hydrogen) atoms. The molecule has 0 spiro atoms. The van der Waals surface area contributed by atoms with Crippen LogP contribution in [0.3, 0.4) is 0 Å². The van der Waals surface area contributed by atoms with E-state index in [4.69, 9.17) is 17.3 Å². The predicted octanol–water partition coefficient (Wildman–Crippen LogP) is 1.82. The fraction of sp³-hybridized carbons (Fsp3) is 0.167. The third-order valence-corrected chi connectivity index (χ3v) is 2.40. The van der Waals surface area contributed by atoms with Crippen LogP contribution in [0.1, 0.15) is 18.1 Å². The molecule has 3 N–H and O–H groups in total. The summed E-state index contributed by atoms with van der Waals surface area (Å²) in [7, 11) is 0. The lowest BCUT2D eigenvalue weighted by molar-refractivity contribution is -0.118. The number of nitrogens with two attached hydrogens (primary N) is 1. The molecule has 0 aliphatic heterocycles. The number of nitrogens with one attached hydrogen (secondary N) is 1. The monoisotopic (exact) mass is 251 g/mol. The highest BCUT2D eigenvalue weighted by atomic mass is 35.5.